The molecule has 0 aliphatic heterocycles. The summed E-state index contributed by atoms with van der Waals surface area (Å²) in [7, 11) is 1.61. The smallest absolute Gasteiger partial charge is 0.213 e. The highest BCUT2D eigenvalue weighted by atomic mass is 16.5. The monoisotopic (exact) mass is 283 g/mol. The van der Waals surface area contributed by atoms with E-state index in [0.717, 1.165) is 27.9 Å². The predicted octanol–water partition coefficient (Wildman–Crippen LogP) is 2.08. The molecule has 21 heavy (non-hydrogen) atoms. The Kier molecular flexibility index (Phi) is 3.21. The van der Waals surface area contributed by atoms with E-state index >= 15 is 0 Å². The van der Waals surface area contributed by atoms with Crippen molar-refractivity contribution in [2.24, 2.45) is 0 Å². The van der Waals surface area contributed by atoms with Crippen LogP contribution in [-0.4, -0.2) is 26.6 Å². The Hall–Kier alpha value is -2.63. The van der Waals surface area contributed by atoms with Gasteiger partial charge < -0.3 is 15.0 Å². The Bertz CT molecular complexity index is 809. The van der Waals surface area contributed by atoms with E-state index in [-0.39, 0.29) is 0 Å². The standard InChI is InChI=1S/C15H17N5O/c1-9-10(2)20(15-13(9)14(16)18-8-19-15)7-11-4-5-17-12(6-11)21-3/h4-6,8H,7H2,1-3H3,(H2,16,18,19). The number of rotatable bonds is 3. The Morgan fingerprint density at radius 1 is 1.24 bits per heavy atom. The first kappa shape index (κ1) is 13.4. The highest BCUT2D eigenvalue weighted by Crippen LogP contribution is 2.27. The predicted molar refractivity (Wildman–Crippen MR) is 81.3 cm³/mol. The summed E-state index contributed by atoms with van der Waals surface area (Å²) in [5.74, 6) is 1.12. The van der Waals surface area contributed by atoms with Crippen molar-refractivity contribution in [3.05, 3.63) is 41.5 Å². The van der Waals surface area contributed by atoms with Gasteiger partial charge in [-0.05, 0) is 31.0 Å². The fraction of sp³-hybridized carbons (Fsp3) is 0.267. The molecule has 6 nitrogen and oxygen atoms in total. The molecule has 2 N–H and O–H groups in total. The van der Waals surface area contributed by atoms with E-state index in [1.807, 2.05) is 19.1 Å². The zero-order valence-electron chi connectivity index (χ0n) is 12.3. The van der Waals surface area contributed by atoms with Gasteiger partial charge in [0.05, 0.1) is 12.5 Å². The number of hydrogen-bond acceptors (Lipinski definition) is 5. The number of pyridine rings is 1. The summed E-state index contributed by atoms with van der Waals surface area (Å²) >= 11 is 0. The number of fused-ring (bicyclic) bond motifs is 1. The Morgan fingerprint density at radius 2 is 2.05 bits per heavy atom. The van der Waals surface area contributed by atoms with Crippen LogP contribution in [0.4, 0.5) is 5.82 Å². The molecule has 3 heterocycles. The van der Waals surface area contributed by atoms with Crippen LogP contribution in [0.25, 0.3) is 11.0 Å². The average Bonchev–Trinajstić information content (AvgIpc) is 2.74. The van der Waals surface area contributed by atoms with Crippen molar-refractivity contribution in [1.82, 2.24) is 19.5 Å². The second-order valence-corrected chi connectivity index (χ2v) is 4.96. The number of aromatic nitrogens is 4. The molecular formula is C15H17N5O. The maximum atomic E-state index is 5.98. The van der Waals surface area contributed by atoms with Crippen molar-refractivity contribution >= 4 is 16.9 Å². The average molecular weight is 283 g/mol. The number of methoxy groups -OCH3 is 1. The van der Waals surface area contributed by atoms with E-state index in [1.165, 1.54) is 6.33 Å². The van der Waals surface area contributed by atoms with Crippen LogP contribution in [0, 0.1) is 13.8 Å². The summed E-state index contributed by atoms with van der Waals surface area (Å²) in [6.45, 7) is 4.79. The first-order valence-electron chi connectivity index (χ1n) is 6.66. The lowest BCUT2D eigenvalue weighted by atomic mass is 10.2. The lowest BCUT2D eigenvalue weighted by Gasteiger charge is -2.09. The molecule has 0 spiro atoms. The third-order valence-corrected chi connectivity index (χ3v) is 3.78. The van der Waals surface area contributed by atoms with Gasteiger partial charge >= 0.3 is 0 Å². The van der Waals surface area contributed by atoms with E-state index in [4.69, 9.17) is 10.5 Å². The first-order valence-corrected chi connectivity index (χ1v) is 6.66. The zero-order chi connectivity index (χ0) is 15.0. The summed E-state index contributed by atoms with van der Waals surface area (Å²) in [6, 6.07) is 3.89. The third kappa shape index (κ3) is 2.18. The number of nitrogens with two attached hydrogens (primary N) is 1. The minimum atomic E-state index is 0.520. The summed E-state index contributed by atoms with van der Waals surface area (Å²) in [4.78, 5) is 12.6. The van der Waals surface area contributed by atoms with Gasteiger partial charge in [-0.3, -0.25) is 0 Å². The summed E-state index contributed by atoms with van der Waals surface area (Å²) in [5.41, 5.74) is 10.2. The highest BCUT2D eigenvalue weighted by molar-refractivity contribution is 5.90. The highest BCUT2D eigenvalue weighted by Gasteiger charge is 2.15. The van der Waals surface area contributed by atoms with Crippen LogP contribution in [-0.2, 0) is 6.54 Å². The number of nitrogens with zero attached hydrogens (tertiary/aromatic N) is 4. The third-order valence-electron chi connectivity index (χ3n) is 3.78. The van der Waals surface area contributed by atoms with Gasteiger partial charge in [0.2, 0.25) is 5.88 Å². The first-order chi connectivity index (χ1) is 10.1. The van der Waals surface area contributed by atoms with E-state index in [1.54, 1.807) is 13.3 Å². The number of hydrogen-bond donors (Lipinski definition) is 1. The molecule has 0 aliphatic carbocycles. The van der Waals surface area contributed by atoms with Crippen molar-refractivity contribution < 1.29 is 4.74 Å². The molecule has 0 bridgehead atoms. The minimum Gasteiger partial charge on any atom is -0.481 e. The molecule has 0 saturated carbocycles. The quantitative estimate of drug-likeness (QED) is 0.796. The molecule has 0 radical (unpaired) electrons. The lowest BCUT2D eigenvalue weighted by Crippen LogP contribution is -2.04. The molecular weight excluding hydrogens is 266 g/mol. The summed E-state index contributed by atoms with van der Waals surface area (Å²) in [5, 5.41) is 0.927. The van der Waals surface area contributed by atoms with Crippen LogP contribution in [0.15, 0.2) is 24.7 Å². The van der Waals surface area contributed by atoms with E-state index < -0.39 is 0 Å². The van der Waals surface area contributed by atoms with Crippen molar-refractivity contribution in [3.63, 3.8) is 0 Å². The van der Waals surface area contributed by atoms with E-state index in [0.29, 0.717) is 18.2 Å². The largest absolute Gasteiger partial charge is 0.481 e. The second kappa shape index (κ2) is 5.05. The van der Waals surface area contributed by atoms with Crippen molar-refractivity contribution in [2.45, 2.75) is 20.4 Å². The molecule has 0 fully saturated rings. The van der Waals surface area contributed by atoms with Gasteiger partial charge in [-0.1, -0.05) is 0 Å². The molecule has 0 aliphatic rings. The second-order valence-electron chi connectivity index (χ2n) is 4.96. The molecule has 3 aromatic heterocycles. The van der Waals surface area contributed by atoms with Crippen molar-refractivity contribution in [1.29, 1.82) is 0 Å². The number of aryl methyl sites for hydroxylation is 1. The van der Waals surface area contributed by atoms with E-state index in [9.17, 15) is 0 Å². The summed E-state index contributed by atoms with van der Waals surface area (Å²) in [6.07, 6.45) is 3.24. The zero-order valence-corrected chi connectivity index (χ0v) is 12.3. The maximum Gasteiger partial charge on any atom is 0.213 e. The minimum absolute atomic E-state index is 0.520. The Balaban J connectivity index is 2.12. The number of ether oxygens (including phenoxy) is 1. The van der Waals surface area contributed by atoms with Gasteiger partial charge in [0.15, 0.2) is 0 Å². The van der Waals surface area contributed by atoms with Gasteiger partial charge in [-0.25, -0.2) is 15.0 Å². The lowest BCUT2D eigenvalue weighted by molar-refractivity contribution is 0.397. The van der Waals surface area contributed by atoms with Crippen LogP contribution < -0.4 is 10.5 Å². The molecule has 108 valence electrons. The topological polar surface area (TPSA) is 78.9 Å². The van der Waals surface area contributed by atoms with Gasteiger partial charge in [0, 0.05) is 24.5 Å². The van der Waals surface area contributed by atoms with E-state index in [2.05, 4.69) is 26.4 Å². The van der Waals surface area contributed by atoms with Crippen LogP contribution >= 0.6 is 0 Å². The van der Waals surface area contributed by atoms with Crippen LogP contribution in [0.2, 0.25) is 0 Å². The van der Waals surface area contributed by atoms with Gasteiger partial charge in [0.1, 0.15) is 17.8 Å². The molecule has 3 aromatic rings. The SMILES string of the molecule is COc1cc(Cn2c(C)c(C)c3c(N)ncnc32)ccn1. The van der Waals surface area contributed by atoms with Crippen LogP contribution in [0.3, 0.4) is 0 Å². The molecule has 0 aromatic carbocycles. The van der Waals surface area contributed by atoms with Gasteiger partial charge in [0.25, 0.3) is 0 Å². The fourth-order valence-electron chi connectivity index (χ4n) is 2.53. The summed E-state index contributed by atoms with van der Waals surface area (Å²) < 4.78 is 7.30. The molecule has 0 atom stereocenters. The van der Waals surface area contributed by atoms with Crippen LogP contribution in [0.5, 0.6) is 5.88 Å². The molecule has 6 heteroatoms. The maximum absolute atomic E-state index is 5.98. The normalized spacial score (nSPS) is 11.0. The number of anilines is 1. The molecule has 0 unspecified atom stereocenters. The van der Waals surface area contributed by atoms with Crippen LogP contribution in [0.1, 0.15) is 16.8 Å². The van der Waals surface area contributed by atoms with Gasteiger partial charge in [-0.2, -0.15) is 0 Å². The van der Waals surface area contributed by atoms with Crippen molar-refractivity contribution in [2.75, 3.05) is 12.8 Å². The fourth-order valence-corrected chi connectivity index (χ4v) is 2.53. The van der Waals surface area contributed by atoms with Gasteiger partial charge in [-0.15, -0.1) is 0 Å². The molecule has 0 saturated heterocycles. The Morgan fingerprint density at radius 3 is 2.81 bits per heavy atom. The van der Waals surface area contributed by atoms with Crippen molar-refractivity contribution in [3.8, 4) is 5.88 Å². The Labute approximate surface area is 122 Å². The molecule has 3 rings (SSSR count). The number of nitrogen functional groups attached to an aromatic ring is 1. The molecule has 0 amide bonds.